The van der Waals surface area contributed by atoms with Crippen molar-refractivity contribution in [2.75, 3.05) is 18.5 Å². The number of benzene rings is 1. The van der Waals surface area contributed by atoms with Gasteiger partial charge in [0.2, 0.25) is 5.91 Å². The number of nitrogens with one attached hydrogen (secondary N) is 1. The van der Waals surface area contributed by atoms with E-state index in [-0.39, 0.29) is 24.4 Å². The van der Waals surface area contributed by atoms with Gasteiger partial charge in [0.1, 0.15) is 11.3 Å². The molecule has 0 aliphatic heterocycles. The average Bonchev–Trinajstić information content (AvgIpc) is 2.49. The van der Waals surface area contributed by atoms with Gasteiger partial charge in [0.25, 0.3) is 0 Å². The third-order valence-electron chi connectivity index (χ3n) is 4.66. The first-order valence-electron chi connectivity index (χ1n) is 7.80. The van der Waals surface area contributed by atoms with Gasteiger partial charge < -0.3 is 20.5 Å². The summed E-state index contributed by atoms with van der Waals surface area (Å²) >= 11 is 0. The van der Waals surface area contributed by atoms with Crippen molar-refractivity contribution in [3.63, 3.8) is 0 Å². The van der Waals surface area contributed by atoms with Gasteiger partial charge in [-0.25, -0.2) is 0 Å². The fourth-order valence-electron chi connectivity index (χ4n) is 2.86. The van der Waals surface area contributed by atoms with Gasteiger partial charge in [0.15, 0.2) is 0 Å². The summed E-state index contributed by atoms with van der Waals surface area (Å²) in [6, 6.07) is 7.30. The molecule has 23 heavy (non-hydrogen) atoms. The Hall–Kier alpha value is -1.30. The summed E-state index contributed by atoms with van der Waals surface area (Å²) in [4.78, 5) is 12.6. The van der Waals surface area contributed by atoms with Crippen LogP contribution in [0.1, 0.15) is 34.1 Å². The van der Waals surface area contributed by atoms with E-state index < -0.39 is 11.0 Å². The van der Waals surface area contributed by atoms with Crippen molar-refractivity contribution in [2.24, 2.45) is 11.1 Å². The van der Waals surface area contributed by atoms with Crippen molar-refractivity contribution in [3.05, 3.63) is 24.3 Å². The Labute approximate surface area is 144 Å². The summed E-state index contributed by atoms with van der Waals surface area (Å²) in [7, 11) is 0. The van der Waals surface area contributed by atoms with Crippen molar-refractivity contribution in [1.82, 2.24) is 0 Å². The topological polar surface area (TPSA) is 73.6 Å². The molecular weight excluding hydrogens is 316 g/mol. The molecule has 1 aliphatic rings. The van der Waals surface area contributed by atoms with Gasteiger partial charge >= 0.3 is 0 Å². The maximum absolute atomic E-state index is 12.6. The summed E-state index contributed by atoms with van der Waals surface area (Å²) in [5, 5.41) is 2.90. The number of hydrogen-bond acceptors (Lipinski definition) is 4. The molecule has 2 atom stereocenters. The highest BCUT2D eigenvalue weighted by Gasteiger charge is 2.62. The summed E-state index contributed by atoms with van der Waals surface area (Å²) in [5.41, 5.74) is 5.77. The second kappa shape index (κ2) is 7.51. The molecule has 2 rings (SSSR count). The lowest BCUT2D eigenvalue weighted by atomic mass is 9.54. The van der Waals surface area contributed by atoms with Gasteiger partial charge in [-0.1, -0.05) is 13.8 Å². The fourth-order valence-corrected chi connectivity index (χ4v) is 2.86. The number of hydrogen-bond donors (Lipinski definition) is 2. The monoisotopic (exact) mass is 342 g/mol. The van der Waals surface area contributed by atoms with Gasteiger partial charge in [-0.2, -0.15) is 0 Å². The van der Waals surface area contributed by atoms with E-state index in [0.717, 1.165) is 5.75 Å². The van der Waals surface area contributed by atoms with E-state index in [2.05, 4.69) is 5.32 Å². The second-order valence-electron chi connectivity index (χ2n) is 6.25. The summed E-state index contributed by atoms with van der Waals surface area (Å²) in [6.45, 7) is 9.09. The van der Waals surface area contributed by atoms with Crippen molar-refractivity contribution >= 4 is 24.0 Å². The van der Waals surface area contributed by atoms with Crippen molar-refractivity contribution < 1.29 is 14.3 Å². The Balaban J connectivity index is 0.00000264. The highest BCUT2D eigenvalue weighted by Crippen LogP contribution is 2.50. The van der Waals surface area contributed by atoms with Crippen LogP contribution < -0.4 is 15.8 Å². The van der Waals surface area contributed by atoms with Crippen LogP contribution in [0.25, 0.3) is 0 Å². The largest absolute Gasteiger partial charge is 0.494 e. The zero-order valence-electron chi connectivity index (χ0n) is 14.2. The molecule has 1 amide bonds. The summed E-state index contributed by atoms with van der Waals surface area (Å²) in [5.74, 6) is 0.612. The lowest BCUT2D eigenvalue weighted by Crippen LogP contribution is -2.74. The van der Waals surface area contributed by atoms with Crippen LogP contribution in [0, 0.1) is 5.41 Å². The summed E-state index contributed by atoms with van der Waals surface area (Å²) < 4.78 is 11.0. The molecule has 0 heterocycles. The third-order valence-corrected chi connectivity index (χ3v) is 4.66. The van der Waals surface area contributed by atoms with Gasteiger partial charge in [0, 0.05) is 24.1 Å². The van der Waals surface area contributed by atoms with E-state index in [1.54, 1.807) is 0 Å². The molecule has 2 unspecified atom stereocenters. The smallest absolute Gasteiger partial charge is 0.245 e. The van der Waals surface area contributed by atoms with Crippen LogP contribution in [0.4, 0.5) is 5.69 Å². The lowest BCUT2D eigenvalue weighted by Gasteiger charge is -2.57. The molecule has 1 aliphatic carbocycles. The molecule has 1 saturated carbocycles. The van der Waals surface area contributed by atoms with Crippen LogP contribution in [0.2, 0.25) is 0 Å². The molecule has 0 aromatic heterocycles. The van der Waals surface area contributed by atoms with Crippen LogP contribution in [0.15, 0.2) is 24.3 Å². The van der Waals surface area contributed by atoms with Crippen LogP contribution >= 0.6 is 12.4 Å². The van der Waals surface area contributed by atoms with E-state index in [0.29, 0.717) is 25.3 Å². The number of carbonyl (C=O) groups excluding carboxylic acids is 1. The van der Waals surface area contributed by atoms with Crippen molar-refractivity contribution in [3.8, 4) is 5.75 Å². The molecule has 1 aromatic rings. The van der Waals surface area contributed by atoms with Crippen LogP contribution in [-0.4, -0.2) is 30.8 Å². The predicted molar refractivity (Wildman–Crippen MR) is 94.2 cm³/mol. The minimum atomic E-state index is -0.911. The Morgan fingerprint density at radius 3 is 2.35 bits per heavy atom. The van der Waals surface area contributed by atoms with E-state index in [4.69, 9.17) is 15.2 Å². The van der Waals surface area contributed by atoms with Gasteiger partial charge in [-0.3, -0.25) is 4.79 Å². The van der Waals surface area contributed by atoms with E-state index >= 15 is 0 Å². The molecule has 0 spiro atoms. The number of halogens is 1. The Bertz CT molecular complexity index is 533. The molecular formula is C17H27ClN2O3. The molecule has 6 heteroatoms. The van der Waals surface area contributed by atoms with Crippen LogP contribution in [0.3, 0.4) is 0 Å². The molecule has 1 fully saturated rings. The Morgan fingerprint density at radius 2 is 1.87 bits per heavy atom. The van der Waals surface area contributed by atoms with E-state index in [1.807, 2.05) is 52.0 Å². The third kappa shape index (κ3) is 3.62. The van der Waals surface area contributed by atoms with Crippen molar-refractivity contribution in [1.29, 1.82) is 0 Å². The number of nitrogens with two attached hydrogens (primary N) is 1. The Morgan fingerprint density at radius 1 is 1.26 bits per heavy atom. The number of anilines is 1. The number of amides is 1. The maximum atomic E-state index is 12.6. The number of ether oxygens (including phenoxy) is 2. The highest BCUT2D eigenvalue weighted by molar-refractivity contribution is 5.99. The van der Waals surface area contributed by atoms with Gasteiger partial charge in [0.05, 0.1) is 12.7 Å². The van der Waals surface area contributed by atoms with Crippen LogP contribution in [-0.2, 0) is 9.53 Å². The standard InChI is InChI=1S/C17H26N2O3.ClH/c1-5-21-13-9-7-12(8-10-13)19-15(20)17(18)11-14(22-6-2)16(17,3)4;/h7-10,14H,5-6,11,18H2,1-4H3,(H,19,20);1H. The van der Waals surface area contributed by atoms with Crippen molar-refractivity contribution in [2.45, 2.75) is 45.8 Å². The number of carbonyl (C=O) groups is 1. The molecule has 1 aromatic carbocycles. The molecule has 5 nitrogen and oxygen atoms in total. The SMILES string of the molecule is CCOc1ccc(NC(=O)C2(N)CC(OCC)C2(C)C)cc1.Cl. The molecule has 0 bridgehead atoms. The first kappa shape index (κ1) is 19.7. The quantitative estimate of drug-likeness (QED) is 0.833. The first-order valence-corrected chi connectivity index (χ1v) is 7.80. The molecule has 0 radical (unpaired) electrons. The fraction of sp³-hybridized carbons (Fsp3) is 0.588. The zero-order valence-corrected chi connectivity index (χ0v) is 15.0. The molecule has 130 valence electrons. The molecule has 0 saturated heterocycles. The maximum Gasteiger partial charge on any atom is 0.245 e. The van der Waals surface area contributed by atoms with Gasteiger partial charge in [-0.05, 0) is 38.1 Å². The molecule has 3 N–H and O–H groups in total. The first-order chi connectivity index (χ1) is 10.3. The minimum absolute atomic E-state index is 0. The lowest BCUT2D eigenvalue weighted by molar-refractivity contribution is -0.166. The van der Waals surface area contributed by atoms with E-state index in [9.17, 15) is 4.79 Å². The Kier molecular flexibility index (Phi) is 6.45. The zero-order chi connectivity index (χ0) is 16.4. The van der Waals surface area contributed by atoms with Gasteiger partial charge in [-0.15, -0.1) is 12.4 Å². The minimum Gasteiger partial charge on any atom is -0.494 e. The second-order valence-corrected chi connectivity index (χ2v) is 6.25. The predicted octanol–water partition coefficient (Wildman–Crippen LogP) is 2.98. The number of rotatable bonds is 6. The van der Waals surface area contributed by atoms with Crippen LogP contribution in [0.5, 0.6) is 5.75 Å². The average molecular weight is 343 g/mol. The highest BCUT2D eigenvalue weighted by atomic mass is 35.5. The summed E-state index contributed by atoms with van der Waals surface area (Å²) in [6.07, 6.45) is 0.560. The normalized spacial score (nSPS) is 25.0. The van der Waals surface area contributed by atoms with E-state index in [1.165, 1.54) is 0 Å².